The highest BCUT2D eigenvalue weighted by molar-refractivity contribution is 5.85. The van der Waals surface area contributed by atoms with E-state index < -0.39 is 0 Å². The minimum Gasteiger partial charge on any atom is -0.438 e. The number of anilines is 1. The molecule has 0 aliphatic carbocycles. The van der Waals surface area contributed by atoms with Crippen molar-refractivity contribution in [3.8, 4) is 11.6 Å². The Morgan fingerprint density at radius 1 is 1.05 bits per heavy atom. The molecule has 0 saturated carbocycles. The summed E-state index contributed by atoms with van der Waals surface area (Å²) in [6, 6.07) is 11.1. The summed E-state index contributed by atoms with van der Waals surface area (Å²) in [6.45, 7) is 0. The van der Waals surface area contributed by atoms with E-state index in [1.165, 1.54) is 6.33 Å². The monoisotopic (exact) mass is 253 g/mol. The molecule has 94 valence electrons. The summed E-state index contributed by atoms with van der Waals surface area (Å²) in [5.41, 5.74) is 3.31. The molecule has 0 aliphatic rings. The van der Waals surface area contributed by atoms with E-state index in [9.17, 15) is 0 Å². The van der Waals surface area contributed by atoms with Crippen LogP contribution in [0, 0.1) is 0 Å². The van der Waals surface area contributed by atoms with E-state index in [4.69, 9.17) is 10.6 Å². The molecule has 0 saturated heterocycles. The molecule has 2 heterocycles. The van der Waals surface area contributed by atoms with Crippen molar-refractivity contribution in [3.63, 3.8) is 0 Å². The zero-order valence-electron chi connectivity index (χ0n) is 9.95. The van der Waals surface area contributed by atoms with Gasteiger partial charge in [0.25, 0.3) is 0 Å². The summed E-state index contributed by atoms with van der Waals surface area (Å²) in [4.78, 5) is 12.2. The Hall–Kier alpha value is -2.73. The van der Waals surface area contributed by atoms with Gasteiger partial charge in [0.15, 0.2) is 0 Å². The number of benzene rings is 1. The summed E-state index contributed by atoms with van der Waals surface area (Å²) in [5, 5.41) is 0.922. The van der Waals surface area contributed by atoms with Gasteiger partial charge in [-0.3, -0.25) is 4.98 Å². The molecule has 0 atom stereocenters. The minimum atomic E-state index is 0.416. The van der Waals surface area contributed by atoms with Gasteiger partial charge >= 0.3 is 0 Å². The average molecular weight is 253 g/mol. The van der Waals surface area contributed by atoms with Crippen LogP contribution in [0.4, 0.5) is 5.82 Å². The highest BCUT2D eigenvalue weighted by Crippen LogP contribution is 2.28. The average Bonchev–Trinajstić information content (AvgIpc) is 2.48. The summed E-state index contributed by atoms with van der Waals surface area (Å²) in [5.74, 6) is 6.89. The van der Waals surface area contributed by atoms with Crippen molar-refractivity contribution in [2.45, 2.75) is 0 Å². The van der Waals surface area contributed by atoms with E-state index in [0.717, 1.165) is 10.9 Å². The lowest BCUT2D eigenvalue weighted by molar-refractivity contribution is 0.467. The second kappa shape index (κ2) is 4.87. The van der Waals surface area contributed by atoms with Gasteiger partial charge in [-0.15, -0.1) is 0 Å². The van der Waals surface area contributed by atoms with Gasteiger partial charge in [0.2, 0.25) is 5.88 Å². The van der Waals surface area contributed by atoms with E-state index in [1.54, 1.807) is 12.3 Å². The Morgan fingerprint density at radius 2 is 2.00 bits per heavy atom. The van der Waals surface area contributed by atoms with Crippen molar-refractivity contribution < 1.29 is 4.74 Å². The number of nitrogens with one attached hydrogen (secondary N) is 1. The summed E-state index contributed by atoms with van der Waals surface area (Å²) >= 11 is 0. The Kier molecular flexibility index (Phi) is 2.91. The Bertz CT molecular complexity index is 711. The SMILES string of the molecule is NNc1cc(Oc2cccc3ncccc23)ncn1. The Labute approximate surface area is 109 Å². The standard InChI is InChI=1S/C13H11N5O/c14-18-12-7-13(17-8-16-12)19-11-5-1-4-10-9(11)3-2-6-15-10/h1-8H,14H2,(H,16,17,18). The van der Waals surface area contributed by atoms with Crippen molar-refractivity contribution in [2.24, 2.45) is 5.84 Å². The van der Waals surface area contributed by atoms with Crippen molar-refractivity contribution in [3.05, 3.63) is 48.9 Å². The number of aromatic nitrogens is 3. The molecule has 0 bridgehead atoms. The molecule has 3 N–H and O–H groups in total. The molecular weight excluding hydrogens is 242 g/mol. The first-order valence-corrected chi connectivity index (χ1v) is 5.67. The lowest BCUT2D eigenvalue weighted by Gasteiger charge is -2.08. The number of fused-ring (bicyclic) bond motifs is 1. The number of hydrazine groups is 1. The van der Waals surface area contributed by atoms with Gasteiger partial charge in [-0.1, -0.05) is 6.07 Å². The number of rotatable bonds is 3. The molecule has 0 spiro atoms. The molecule has 3 rings (SSSR count). The van der Waals surface area contributed by atoms with Crippen LogP contribution in [0.15, 0.2) is 48.9 Å². The second-order valence-electron chi connectivity index (χ2n) is 3.81. The number of nitrogens with two attached hydrogens (primary N) is 1. The van der Waals surface area contributed by atoms with Crippen molar-refractivity contribution in [1.29, 1.82) is 0 Å². The van der Waals surface area contributed by atoms with E-state index in [2.05, 4.69) is 20.4 Å². The molecule has 6 nitrogen and oxygen atoms in total. The van der Waals surface area contributed by atoms with E-state index in [1.807, 2.05) is 30.3 Å². The zero-order valence-corrected chi connectivity index (χ0v) is 9.95. The maximum absolute atomic E-state index is 5.75. The molecule has 0 aliphatic heterocycles. The first-order chi connectivity index (χ1) is 9.36. The van der Waals surface area contributed by atoms with E-state index in [-0.39, 0.29) is 0 Å². The number of nitrogens with zero attached hydrogens (tertiary/aromatic N) is 3. The van der Waals surface area contributed by atoms with Crippen molar-refractivity contribution in [2.75, 3.05) is 5.43 Å². The fourth-order valence-electron chi connectivity index (χ4n) is 1.75. The van der Waals surface area contributed by atoms with Crippen LogP contribution in [0.25, 0.3) is 10.9 Å². The predicted molar refractivity (Wildman–Crippen MR) is 71.7 cm³/mol. The summed E-state index contributed by atoms with van der Waals surface area (Å²) < 4.78 is 5.75. The van der Waals surface area contributed by atoms with Gasteiger partial charge in [0, 0.05) is 17.6 Å². The molecule has 1 aromatic carbocycles. The number of nitrogen functional groups attached to an aromatic ring is 1. The largest absolute Gasteiger partial charge is 0.438 e. The minimum absolute atomic E-state index is 0.416. The number of hydrogen-bond acceptors (Lipinski definition) is 6. The van der Waals surface area contributed by atoms with Crippen LogP contribution in [0.1, 0.15) is 0 Å². The number of pyridine rings is 1. The maximum Gasteiger partial charge on any atom is 0.224 e. The molecular formula is C13H11N5O. The fraction of sp³-hybridized carbons (Fsp3) is 0. The van der Waals surface area contributed by atoms with E-state index in [0.29, 0.717) is 17.4 Å². The third kappa shape index (κ3) is 2.29. The number of ether oxygens (including phenoxy) is 1. The van der Waals surface area contributed by atoms with Gasteiger partial charge in [-0.05, 0) is 24.3 Å². The van der Waals surface area contributed by atoms with Crippen LogP contribution in [0.3, 0.4) is 0 Å². The lowest BCUT2D eigenvalue weighted by Crippen LogP contribution is -2.08. The van der Waals surface area contributed by atoms with Gasteiger partial charge in [-0.2, -0.15) is 0 Å². The summed E-state index contributed by atoms with van der Waals surface area (Å²) in [6.07, 6.45) is 3.13. The fourth-order valence-corrected chi connectivity index (χ4v) is 1.75. The third-order valence-corrected chi connectivity index (χ3v) is 2.61. The zero-order chi connectivity index (χ0) is 13.1. The molecule has 0 fully saturated rings. The highest BCUT2D eigenvalue weighted by atomic mass is 16.5. The maximum atomic E-state index is 5.75. The molecule has 0 radical (unpaired) electrons. The topological polar surface area (TPSA) is 86.0 Å². The third-order valence-electron chi connectivity index (χ3n) is 2.61. The molecule has 6 heteroatoms. The van der Waals surface area contributed by atoms with Crippen molar-refractivity contribution >= 4 is 16.7 Å². The van der Waals surface area contributed by atoms with Crippen LogP contribution < -0.4 is 16.0 Å². The predicted octanol–water partition coefficient (Wildman–Crippen LogP) is 2.10. The number of hydrogen-bond donors (Lipinski definition) is 2. The van der Waals surface area contributed by atoms with Gasteiger partial charge in [-0.25, -0.2) is 15.8 Å². The normalized spacial score (nSPS) is 10.4. The van der Waals surface area contributed by atoms with Crippen LogP contribution in [0.2, 0.25) is 0 Å². The molecule has 0 unspecified atom stereocenters. The van der Waals surface area contributed by atoms with Crippen LogP contribution >= 0.6 is 0 Å². The molecule has 19 heavy (non-hydrogen) atoms. The lowest BCUT2D eigenvalue weighted by atomic mass is 10.2. The second-order valence-corrected chi connectivity index (χ2v) is 3.81. The van der Waals surface area contributed by atoms with Crippen molar-refractivity contribution in [1.82, 2.24) is 15.0 Å². The van der Waals surface area contributed by atoms with Gasteiger partial charge < -0.3 is 10.2 Å². The van der Waals surface area contributed by atoms with Crippen LogP contribution in [-0.4, -0.2) is 15.0 Å². The highest BCUT2D eigenvalue weighted by Gasteiger charge is 2.05. The molecule has 0 amide bonds. The van der Waals surface area contributed by atoms with Crippen LogP contribution in [-0.2, 0) is 0 Å². The first-order valence-electron chi connectivity index (χ1n) is 5.67. The smallest absolute Gasteiger partial charge is 0.224 e. The Morgan fingerprint density at radius 3 is 2.89 bits per heavy atom. The molecule has 2 aromatic heterocycles. The first kappa shape index (κ1) is 11.4. The summed E-state index contributed by atoms with van der Waals surface area (Å²) in [7, 11) is 0. The van der Waals surface area contributed by atoms with Gasteiger partial charge in [0.05, 0.1) is 5.52 Å². The molecule has 3 aromatic rings. The quantitative estimate of drug-likeness (QED) is 0.549. The van der Waals surface area contributed by atoms with Crippen LogP contribution in [0.5, 0.6) is 11.6 Å². The van der Waals surface area contributed by atoms with E-state index >= 15 is 0 Å². The Balaban J connectivity index is 2.01. The van der Waals surface area contributed by atoms with Gasteiger partial charge in [0.1, 0.15) is 17.9 Å².